The van der Waals surface area contributed by atoms with Gasteiger partial charge in [0.2, 0.25) is 5.91 Å². The normalized spacial score (nSPS) is 11.2. The van der Waals surface area contributed by atoms with Gasteiger partial charge < -0.3 is 10.1 Å². The number of nitrogens with one attached hydrogen (secondary N) is 1. The second-order valence-electron chi connectivity index (χ2n) is 6.04. The molecule has 0 radical (unpaired) electrons. The molecule has 0 aliphatic heterocycles. The number of rotatable bonds is 4. The molecule has 0 aliphatic carbocycles. The van der Waals surface area contributed by atoms with Crippen LogP contribution in [0.3, 0.4) is 0 Å². The number of aromatic nitrogens is 2. The average Bonchev–Trinajstić information content (AvgIpc) is 3.16. The Morgan fingerprint density at radius 2 is 2.00 bits per heavy atom. The van der Waals surface area contributed by atoms with Crippen LogP contribution in [0.1, 0.15) is 16.1 Å². The predicted molar refractivity (Wildman–Crippen MR) is 108 cm³/mol. The molecule has 2 heterocycles. The van der Waals surface area contributed by atoms with Gasteiger partial charge in [-0.05, 0) is 43.2 Å². The summed E-state index contributed by atoms with van der Waals surface area (Å²) in [5.41, 5.74) is 3.79. The van der Waals surface area contributed by atoms with Crippen LogP contribution in [0.5, 0.6) is 5.75 Å². The molecule has 5 nitrogen and oxygen atoms in total. The minimum absolute atomic E-state index is 0.0840. The first-order chi connectivity index (χ1) is 12.5. The zero-order valence-electron chi connectivity index (χ0n) is 14.6. The first-order valence-corrected chi connectivity index (χ1v) is 9.77. The summed E-state index contributed by atoms with van der Waals surface area (Å²) in [7, 11) is 1.64. The number of methoxy groups -OCH3 is 1. The van der Waals surface area contributed by atoms with Crippen molar-refractivity contribution in [2.24, 2.45) is 0 Å². The van der Waals surface area contributed by atoms with E-state index in [1.165, 1.54) is 11.3 Å². The van der Waals surface area contributed by atoms with E-state index in [1.807, 2.05) is 44.2 Å². The van der Waals surface area contributed by atoms with Crippen LogP contribution in [0.15, 0.2) is 30.3 Å². The molecule has 0 aliphatic rings. The number of ether oxygens (including phenoxy) is 1. The Balaban J connectivity index is 1.55. The van der Waals surface area contributed by atoms with Crippen molar-refractivity contribution < 1.29 is 9.53 Å². The van der Waals surface area contributed by atoms with E-state index < -0.39 is 0 Å². The fourth-order valence-electron chi connectivity index (χ4n) is 2.94. The lowest BCUT2D eigenvalue weighted by Crippen LogP contribution is -2.14. The van der Waals surface area contributed by atoms with Crippen LogP contribution in [0.4, 0.5) is 5.13 Å². The number of hydrogen-bond donors (Lipinski definition) is 1. The quantitative estimate of drug-likeness (QED) is 0.554. The molecule has 26 heavy (non-hydrogen) atoms. The first kappa shape index (κ1) is 16.9. The second-order valence-corrected chi connectivity index (χ2v) is 8.28. The summed E-state index contributed by atoms with van der Waals surface area (Å²) >= 11 is 3.14. The number of nitrogens with zero attached hydrogens (tertiary/aromatic N) is 2. The second kappa shape index (κ2) is 6.66. The monoisotopic (exact) mass is 383 g/mol. The molecule has 0 bridgehead atoms. The van der Waals surface area contributed by atoms with Gasteiger partial charge in [-0.25, -0.2) is 9.97 Å². The molecule has 1 N–H and O–H groups in total. The van der Waals surface area contributed by atoms with Gasteiger partial charge in [-0.3, -0.25) is 4.79 Å². The minimum atomic E-state index is -0.0840. The maximum Gasteiger partial charge on any atom is 0.230 e. The summed E-state index contributed by atoms with van der Waals surface area (Å²) in [5, 5.41) is 4.55. The summed E-state index contributed by atoms with van der Waals surface area (Å²) in [5.74, 6) is 0.738. The van der Waals surface area contributed by atoms with Gasteiger partial charge in [-0.1, -0.05) is 23.5 Å². The van der Waals surface area contributed by atoms with E-state index in [0.29, 0.717) is 11.6 Å². The summed E-state index contributed by atoms with van der Waals surface area (Å²) in [6, 6.07) is 9.78. The zero-order valence-corrected chi connectivity index (χ0v) is 16.3. The van der Waals surface area contributed by atoms with Crippen molar-refractivity contribution in [3.63, 3.8) is 0 Å². The zero-order chi connectivity index (χ0) is 18.3. The lowest BCUT2D eigenvalue weighted by atomic mass is 10.1. The molecule has 132 valence electrons. The van der Waals surface area contributed by atoms with Gasteiger partial charge >= 0.3 is 0 Å². The summed E-state index contributed by atoms with van der Waals surface area (Å²) < 4.78 is 7.42. The molecule has 0 spiro atoms. The molecule has 0 saturated carbocycles. The maximum absolute atomic E-state index is 12.4. The lowest BCUT2D eigenvalue weighted by molar-refractivity contribution is -0.115. The van der Waals surface area contributed by atoms with Crippen LogP contribution in [-0.2, 0) is 11.2 Å². The molecule has 0 fully saturated rings. The molecule has 0 saturated heterocycles. The number of benzene rings is 2. The Labute approximate surface area is 158 Å². The van der Waals surface area contributed by atoms with E-state index in [9.17, 15) is 4.79 Å². The Kier molecular flexibility index (Phi) is 4.34. The van der Waals surface area contributed by atoms with Crippen LogP contribution >= 0.6 is 22.7 Å². The van der Waals surface area contributed by atoms with E-state index in [1.54, 1.807) is 18.4 Å². The number of anilines is 1. The highest BCUT2D eigenvalue weighted by molar-refractivity contribution is 7.24. The molecule has 4 rings (SSSR count). The third-order valence-electron chi connectivity index (χ3n) is 4.09. The van der Waals surface area contributed by atoms with E-state index in [-0.39, 0.29) is 5.91 Å². The van der Waals surface area contributed by atoms with E-state index >= 15 is 0 Å². The lowest BCUT2D eigenvalue weighted by Gasteiger charge is -2.07. The molecule has 0 atom stereocenters. The third-order valence-corrected chi connectivity index (χ3v) is 6.02. The minimum Gasteiger partial charge on any atom is -0.496 e. The van der Waals surface area contributed by atoms with E-state index in [0.717, 1.165) is 42.3 Å². The van der Waals surface area contributed by atoms with Crippen LogP contribution < -0.4 is 10.1 Å². The van der Waals surface area contributed by atoms with Crippen molar-refractivity contribution in [3.8, 4) is 5.75 Å². The van der Waals surface area contributed by atoms with Crippen molar-refractivity contribution in [3.05, 3.63) is 46.5 Å². The molecule has 1 amide bonds. The van der Waals surface area contributed by atoms with Crippen molar-refractivity contribution in [2.45, 2.75) is 20.3 Å². The number of fused-ring (bicyclic) bond motifs is 3. The molecule has 2 aromatic heterocycles. The van der Waals surface area contributed by atoms with Gasteiger partial charge in [0.15, 0.2) is 5.13 Å². The number of carbonyl (C=O) groups excluding carboxylic acids is 1. The molecule has 2 aromatic carbocycles. The predicted octanol–water partition coefficient (Wildman–Crippen LogP) is 4.71. The highest BCUT2D eigenvalue weighted by atomic mass is 32.1. The van der Waals surface area contributed by atoms with Gasteiger partial charge in [0, 0.05) is 0 Å². The molecule has 0 unspecified atom stereocenters. The van der Waals surface area contributed by atoms with Crippen LogP contribution in [0, 0.1) is 13.8 Å². The van der Waals surface area contributed by atoms with E-state index in [2.05, 4.69) is 15.3 Å². The molecule has 4 aromatic rings. The van der Waals surface area contributed by atoms with Crippen LogP contribution in [-0.4, -0.2) is 23.0 Å². The largest absolute Gasteiger partial charge is 0.496 e. The van der Waals surface area contributed by atoms with Crippen LogP contribution in [0.2, 0.25) is 0 Å². The van der Waals surface area contributed by atoms with Crippen molar-refractivity contribution in [1.82, 2.24) is 9.97 Å². The molecular formula is C19H17N3O2S2. The standard InChI is InChI=1S/C19H17N3O2S2/c1-10-8-12(4-6-14(10)24-3)9-16(23)22-19-21-13-5-7-15-17(18(13)26-19)20-11(2)25-15/h4-8H,9H2,1-3H3,(H,21,22,23). The Morgan fingerprint density at radius 1 is 1.15 bits per heavy atom. The van der Waals surface area contributed by atoms with E-state index in [4.69, 9.17) is 4.74 Å². The fraction of sp³-hybridized carbons (Fsp3) is 0.211. The SMILES string of the molecule is COc1ccc(CC(=O)Nc2nc3ccc4sc(C)nc4c3s2)cc1C. The van der Waals surface area contributed by atoms with Gasteiger partial charge in [-0.15, -0.1) is 11.3 Å². The summed E-state index contributed by atoms with van der Waals surface area (Å²) in [4.78, 5) is 21.5. The van der Waals surface area contributed by atoms with Gasteiger partial charge in [0.05, 0.1) is 33.5 Å². The third kappa shape index (κ3) is 3.15. The Bertz CT molecular complexity index is 1130. The van der Waals surface area contributed by atoms with Crippen molar-refractivity contribution in [1.29, 1.82) is 0 Å². The fourth-order valence-corrected chi connectivity index (χ4v) is 4.81. The maximum atomic E-state index is 12.4. The van der Waals surface area contributed by atoms with Crippen LogP contribution in [0.25, 0.3) is 20.4 Å². The van der Waals surface area contributed by atoms with Gasteiger partial charge in [-0.2, -0.15) is 0 Å². The average molecular weight is 383 g/mol. The smallest absolute Gasteiger partial charge is 0.230 e. The van der Waals surface area contributed by atoms with Gasteiger partial charge in [0.1, 0.15) is 11.3 Å². The molecule has 7 heteroatoms. The highest BCUT2D eigenvalue weighted by Gasteiger charge is 2.13. The van der Waals surface area contributed by atoms with Gasteiger partial charge in [0.25, 0.3) is 0 Å². The number of amides is 1. The summed E-state index contributed by atoms with van der Waals surface area (Å²) in [6.45, 7) is 3.96. The molecular weight excluding hydrogens is 366 g/mol. The topological polar surface area (TPSA) is 64.1 Å². The number of aryl methyl sites for hydroxylation is 2. The number of carbonyl (C=O) groups is 1. The number of hydrogen-bond acceptors (Lipinski definition) is 6. The Hall–Kier alpha value is -2.51. The first-order valence-electron chi connectivity index (χ1n) is 8.13. The number of thiazole rings is 2. The van der Waals surface area contributed by atoms with Crippen molar-refractivity contribution >= 4 is 54.1 Å². The highest BCUT2D eigenvalue weighted by Crippen LogP contribution is 2.34. The Morgan fingerprint density at radius 3 is 2.77 bits per heavy atom. The van der Waals surface area contributed by atoms with Crippen molar-refractivity contribution in [2.75, 3.05) is 12.4 Å². The summed E-state index contributed by atoms with van der Waals surface area (Å²) in [6.07, 6.45) is 0.298.